The Kier molecular flexibility index (Phi) is 11.7. The average Bonchev–Trinajstić information content (AvgIpc) is 3.36. The van der Waals surface area contributed by atoms with Gasteiger partial charge in [0, 0.05) is 25.2 Å². The molecule has 3 rings (SSSR count). The third-order valence-corrected chi connectivity index (χ3v) is 7.51. The van der Waals surface area contributed by atoms with Gasteiger partial charge in [-0.25, -0.2) is 19.4 Å². The molecule has 3 heterocycles. The molecule has 2 aliphatic rings. The van der Waals surface area contributed by atoms with Crippen LogP contribution in [0.4, 0.5) is 14.7 Å². The fourth-order valence-corrected chi connectivity index (χ4v) is 5.83. The predicted molar refractivity (Wildman–Crippen MR) is 153 cm³/mol. The number of aromatic nitrogens is 1. The summed E-state index contributed by atoms with van der Waals surface area (Å²) in [6.07, 6.45) is -3.83. The van der Waals surface area contributed by atoms with Gasteiger partial charge in [-0.15, -0.1) is 23.1 Å². The molecule has 1 aromatic rings. The number of hydrogen-bond acceptors (Lipinski definition) is 15. The van der Waals surface area contributed by atoms with Crippen molar-refractivity contribution < 1.29 is 52.5 Å². The van der Waals surface area contributed by atoms with Crippen molar-refractivity contribution in [3.8, 4) is 0 Å². The van der Waals surface area contributed by atoms with Gasteiger partial charge in [0.25, 0.3) is 11.8 Å². The summed E-state index contributed by atoms with van der Waals surface area (Å²) in [5.41, 5.74) is 0.248. The Labute approximate surface area is 255 Å². The van der Waals surface area contributed by atoms with Crippen molar-refractivity contribution in [1.82, 2.24) is 15.2 Å². The van der Waals surface area contributed by atoms with Crippen LogP contribution in [-0.2, 0) is 42.9 Å². The van der Waals surface area contributed by atoms with Crippen molar-refractivity contribution in [2.75, 3.05) is 31.9 Å². The number of carbonyl (C=O) groups excluding carboxylic acids is 5. The first-order valence-electron chi connectivity index (χ1n) is 13.0. The molecule has 0 unspecified atom stereocenters. The lowest BCUT2D eigenvalue weighted by molar-refractivity contribution is -0.169. The van der Waals surface area contributed by atoms with Gasteiger partial charge in [-0.3, -0.25) is 19.8 Å². The Morgan fingerprint density at radius 2 is 1.77 bits per heavy atom. The van der Waals surface area contributed by atoms with E-state index in [0.29, 0.717) is 5.57 Å². The second-order valence-corrected chi connectivity index (χ2v) is 11.5. The zero-order chi connectivity index (χ0) is 31.8. The van der Waals surface area contributed by atoms with Gasteiger partial charge >= 0.3 is 18.2 Å². The maximum atomic E-state index is 13.3. The van der Waals surface area contributed by atoms with E-state index >= 15 is 0 Å². The van der Waals surface area contributed by atoms with Gasteiger partial charge in [0.05, 0.1) is 18.8 Å². The lowest BCUT2D eigenvalue weighted by Gasteiger charge is -2.49. The van der Waals surface area contributed by atoms with Gasteiger partial charge in [0.1, 0.15) is 29.9 Å². The van der Waals surface area contributed by atoms with Crippen molar-refractivity contribution in [2.24, 2.45) is 5.16 Å². The van der Waals surface area contributed by atoms with Crippen molar-refractivity contribution in [3.63, 3.8) is 0 Å². The summed E-state index contributed by atoms with van der Waals surface area (Å²) in [4.78, 5) is 73.5. The minimum Gasteiger partial charge on any atom is -0.447 e. The van der Waals surface area contributed by atoms with Crippen LogP contribution in [0.25, 0.3) is 0 Å². The number of thioether (sulfide) groups is 1. The number of ether oxygens (including phenoxy) is 5. The molecular formula is C25H33N5O11S2. The van der Waals surface area contributed by atoms with Gasteiger partial charge < -0.3 is 33.8 Å². The Balaban J connectivity index is 1.72. The molecule has 0 radical (unpaired) electrons. The van der Waals surface area contributed by atoms with Crippen molar-refractivity contribution in [1.29, 1.82) is 0 Å². The smallest absolute Gasteiger partial charge is 0.447 e. The maximum Gasteiger partial charge on any atom is 0.511 e. The molecule has 1 aromatic heterocycles. The summed E-state index contributed by atoms with van der Waals surface area (Å²) >= 11 is 2.33. The monoisotopic (exact) mass is 643 g/mol. The molecule has 3 atom stereocenters. The highest BCUT2D eigenvalue weighted by molar-refractivity contribution is 8.00. The van der Waals surface area contributed by atoms with E-state index in [-0.39, 0.29) is 40.7 Å². The molecule has 16 nitrogen and oxygen atoms in total. The number of hydrogen-bond donors (Lipinski definition) is 2. The van der Waals surface area contributed by atoms with Gasteiger partial charge in [0.15, 0.2) is 10.8 Å². The number of rotatable bonds is 12. The second kappa shape index (κ2) is 15.0. The summed E-state index contributed by atoms with van der Waals surface area (Å²) in [5.74, 6) is -1.99. The molecule has 3 amide bonds. The molecule has 2 N–H and O–H groups in total. The van der Waals surface area contributed by atoms with E-state index < -0.39 is 53.8 Å². The minimum atomic E-state index is -1.31. The summed E-state index contributed by atoms with van der Waals surface area (Å²) in [6.45, 7) is 8.00. The second-order valence-electron chi connectivity index (χ2n) is 9.49. The normalized spacial score (nSPS) is 18.9. The Morgan fingerprint density at radius 3 is 2.40 bits per heavy atom. The SMILES string of the molecule is COCC1=C(C(=O)O[C@@H](C)OC(=O)OC(C)C)N2C(=O)[C@@H](NC(=O)/C(=N\OC)c3csc(NC(=O)OC(C)C)n3)[C@H]2SC1. The summed E-state index contributed by atoms with van der Waals surface area (Å²) in [5, 5.41) is 9.79. The van der Waals surface area contributed by atoms with E-state index in [1.165, 1.54) is 43.2 Å². The van der Waals surface area contributed by atoms with Crippen LogP contribution >= 0.6 is 23.1 Å². The molecule has 0 spiro atoms. The zero-order valence-electron chi connectivity index (χ0n) is 24.5. The van der Waals surface area contributed by atoms with Crippen LogP contribution in [0.5, 0.6) is 0 Å². The lowest BCUT2D eigenvalue weighted by atomic mass is 10.0. The third kappa shape index (κ3) is 8.57. The molecule has 236 valence electrons. The van der Waals surface area contributed by atoms with Gasteiger partial charge in [0.2, 0.25) is 6.29 Å². The van der Waals surface area contributed by atoms with Crippen LogP contribution in [0, 0.1) is 0 Å². The topological polar surface area (TPSA) is 193 Å². The van der Waals surface area contributed by atoms with Crippen LogP contribution in [0.2, 0.25) is 0 Å². The van der Waals surface area contributed by atoms with Gasteiger partial charge in [-0.1, -0.05) is 5.16 Å². The number of anilines is 1. The lowest BCUT2D eigenvalue weighted by Crippen LogP contribution is -2.71. The molecule has 0 saturated carbocycles. The molecule has 0 bridgehead atoms. The maximum absolute atomic E-state index is 13.3. The van der Waals surface area contributed by atoms with E-state index in [0.717, 1.165) is 11.3 Å². The Bertz CT molecular complexity index is 1300. The predicted octanol–water partition coefficient (Wildman–Crippen LogP) is 2.20. The molecule has 18 heteroatoms. The number of amides is 3. The van der Waals surface area contributed by atoms with E-state index in [1.54, 1.807) is 27.7 Å². The fraction of sp³-hybridized carbons (Fsp3) is 0.560. The number of carbonyl (C=O) groups is 5. The number of esters is 1. The van der Waals surface area contributed by atoms with E-state index in [9.17, 15) is 24.0 Å². The van der Waals surface area contributed by atoms with Crippen molar-refractivity contribution in [3.05, 3.63) is 22.3 Å². The van der Waals surface area contributed by atoms with Crippen molar-refractivity contribution in [2.45, 2.75) is 64.5 Å². The van der Waals surface area contributed by atoms with Gasteiger partial charge in [-0.05, 0) is 33.3 Å². The fourth-order valence-electron chi connectivity index (χ4n) is 3.82. The summed E-state index contributed by atoms with van der Waals surface area (Å²) < 4.78 is 25.3. The van der Waals surface area contributed by atoms with Crippen LogP contribution < -0.4 is 10.6 Å². The van der Waals surface area contributed by atoms with E-state index in [1.807, 2.05) is 0 Å². The molecule has 0 aromatic carbocycles. The summed E-state index contributed by atoms with van der Waals surface area (Å²) in [6, 6.07) is -1.03. The largest absolute Gasteiger partial charge is 0.511 e. The minimum absolute atomic E-state index is 0.0329. The first kappa shape index (κ1) is 33.6. The number of oxime groups is 1. The van der Waals surface area contributed by atoms with E-state index in [2.05, 4.69) is 20.8 Å². The number of nitrogens with one attached hydrogen (secondary N) is 2. The molecule has 1 saturated heterocycles. The van der Waals surface area contributed by atoms with Crippen LogP contribution in [0.3, 0.4) is 0 Å². The molecule has 2 aliphatic heterocycles. The standard InChI is InChI=1S/C25H33N5O11S2/c1-11(2)38-24(34)28-23-26-15(10-43-23)16(29-37-7)19(31)27-17-20(32)30-18(14(8-36-6)9-42-21(17)30)22(33)40-13(5)41-25(35)39-12(3)4/h10-13,17,21H,8-9H2,1-7H3,(H,27,31)(H,26,28,34)/b29-16-/t13-,17-,21-/m1/s1. The quantitative estimate of drug-likeness (QED) is 0.0842. The number of methoxy groups -OCH3 is 1. The molecule has 43 heavy (non-hydrogen) atoms. The highest BCUT2D eigenvalue weighted by atomic mass is 32.2. The highest BCUT2D eigenvalue weighted by Crippen LogP contribution is 2.41. The van der Waals surface area contributed by atoms with Crippen LogP contribution in [0.1, 0.15) is 40.3 Å². The first-order chi connectivity index (χ1) is 20.4. The molecular weight excluding hydrogens is 610 g/mol. The summed E-state index contributed by atoms with van der Waals surface area (Å²) in [7, 11) is 2.67. The Hall–Kier alpha value is -3.90. The van der Waals surface area contributed by atoms with Crippen LogP contribution in [0.15, 0.2) is 21.8 Å². The number of β-lactam (4-membered cyclic amide) rings is 1. The number of nitrogens with zero attached hydrogens (tertiary/aromatic N) is 3. The third-order valence-electron chi connectivity index (χ3n) is 5.41. The number of fused-ring (bicyclic) bond motifs is 1. The van der Waals surface area contributed by atoms with Crippen molar-refractivity contribution >= 4 is 64.0 Å². The van der Waals surface area contributed by atoms with Crippen LogP contribution in [-0.4, -0.2) is 102 Å². The molecule has 1 fully saturated rings. The van der Waals surface area contributed by atoms with Gasteiger partial charge in [-0.2, -0.15) is 0 Å². The zero-order valence-corrected chi connectivity index (χ0v) is 26.2. The first-order valence-corrected chi connectivity index (χ1v) is 14.9. The van der Waals surface area contributed by atoms with E-state index in [4.69, 9.17) is 28.5 Å². The number of thiazole rings is 1. The molecule has 0 aliphatic carbocycles. The highest BCUT2D eigenvalue weighted by Gasteiger charge is 2.55. The average molecular weight is 644 g/mol. The Morgan fingerprint density at radius 1 is 1.07 bits per heavy atom.